The number of nitrogens with zero attached hydrogens (tertiary/aromatic N) is 2. The van der Waals surface area contributed by atoms with Crippen molar-refractivity contribution in [3.63, 3.8) is 0 Å². The Morgan fingerprint density at radius 2 is 2.00 bits per heavy atom. The number of hydrogen-bond donors (Lipinski definition) is 1. The van der Waals surface area contributed by atoms with E-state index in [9.17, 15) is 0 Å². The van der Waals surface area contributed by atoms with Gasteiger partial charge in [0.15, 0.2) is 0 Å². The minimum absolute atomic E-state index is 0.684. The molecule has 0 aromatic carbocycles. The first-order chi connectivity index (χ1) is 8.51. The first-order valence-electron chi connectivity index (χ1n) is 7.58. The van der Waals surface area contributed by atoms with Crippen molar-refractivity contribution < 1.29 is 0 Å². The normalized spacial score (nSPS) is 20.3. The molecule has 0 bridgehead atoms. The Balaban J connectivity index is 0.000000351. The summed E-state index contributed by atoms with van der Waals surface area (Å²) < 4.78 is 0. The number of hydrogen-bond acceptors (Lipinski definition) is 3. The van der Waals surface area contributed by atoms with Gasteiger partial charge in [-0.1, -0.05) is 13.8 Å². The van der Waals surface area contributed by atoms with Crippen LogP contribution in [-0.4, -0.2) is 62.7 Å². The second-order valence-electron chi connectivity index (χ2n) is 5.89. The fourth-order valence-electron chi connectivity index (χ4n) is 2.33. The fraction of sp³-hybridized carbons (Fsp3) is 1.00. The summed E-state index contributed by atoms with van der Waals surface area (Å²) >= 11 is 0. The van der Waals surface area contributed by atoms with Crippen molar-refractivity contribution >= 4 is 0 Å². The van der Waals surface area contributed by atoms with E-state index in [0.717, 1.165) is 12.5 Å². The molecule has 1 N–H and O–H groups in total. The van der Waals surface area contributed by atoms with Crippen molar-refractivity contribution in [1.82, 2.24) is 15.1 Å². The average Bonchev–Trinajstić information content (AvgIpc) is 2.69. The van der Waals surface area contributed by atoms with Crippen LogP contribution < -0.4 is 5.32 Å². The summed E-state index contributed by atoms with van der Waals surface area (Å²) in [5.41, 5.74) is 0. The Bertz CT molecular complexity index is 175. The minimum Gasteiger partial charge on any atom is -0.318 e. The molecule has 3 nitrogen and oxygen atoms in total. The molecule has 0 aromatic heterocycles. The first kappa shape index (κ1) is 17.9. The summed E-state index contributed by atoms with van der Waals surface area (Å²) in [4.78, 5) is 4.88. The number of nitrogens with one attached hydrogen (secondary N) is 1. The van der Waals surface area contributed by atoms with E-state index in [-0.39, 0.29) is 0 Å². The van der Waals surface area contributed by atoms with Crippen molar-refractivity contribution in [2.45, 2.75) is 46.6 Å². The SMILES string of the molecule is CC1CCN(C)C1.CCCN(CCNC)C(C)C. The summed E-state index contributed by atoms with van der Waals surface area (Å²) in [5.74, 6) is 0.949. The monoisotopic (exact) mass is 257 g/mol. The summed E-state index contributed by atoms with van der Waals surface area (Å²) in [5, 5.41) is 3.17. The molecule has 18 heavy (non-hydrogen) atoms. The molecule has 0 saturated carbocycles. The molecule has 1 saturated heterocycles. The second-order valence-corrected chi connectivity index (χ2v) is 5.89. The predicted molar refractivity (Wildman–Crippen MR) is 82.2 cm³/mol. The Labute approximate surface area is 115 Å². The van der Waals surface area contributed by atoms with E-state index in [0.29, 0.717) is 6.04 Å². The molecule has 1 unspecified atom stereocenters. The minimum atomic E-state index is 0.684. The molecule has 110 valence electrons. The lowest BCUT2D eigenvalue weighted by molar-refractivity contribution is 0.224. The Kier molecular flexibility index (Phi) is 10.7. The third kappa shape index (κ3) is 8.90. The molecular weight excluding hydrogens is 222 g/mol. The van der Waals surface area contributed by atoms with Gasteiger partial charge in [-0.3, -0.25) is 4.90 Å². The molecule has 1 heterocycles. The van der Waals surface area contributed by atoms with E-state index in [4.69, 9.17) is 0 Å². The second kappa shape index (κ2) is 10.8. The maximum absolute atomic E-state index is 3.17. The van der Waals surface area contributed by atoms with Crippen LogP contribution in [0.5, 0.6) is 0 Å². The van der Waals surface area contributed by atoms with Gasteiger partial charge in [-0.15, -0.1) is 0 Å². The van der Waals surface area contributed by atoms with Gasteiger partial charge < -0.3 is 10.2 Å². The van der Waals surface area contributed by atoms with Crippen LogP contribution >= 0.6 is 0 Å². The highest BCUT2D eigenvalue weighted by atomic mass is 15.2. The van der Waals surface area contributed by atoms with Gasteiger partial charge in [0.1, 0.15) is 0 Å². The third-order valence-corrected chi connectivity index (χ3v) is 3.52. The van der Waals surface area contributed by atoms with Gasteiger partial charge in [-0.25, -0.2) is 0 Å². The molecule has 0 aliphatic carbocycles. The van der Waals surface area contributed by atoms with E-state index in [2.05, 4.69) is 49.9 Å². The number of likely N-dealkylation sites (N-methyl/N-ethyl adjacent to an activating group) is 1. The van der Waals surface area contributed by atoms with E-state index in [1.807, 2.05) is 7.05 Å². The summed E-state index contributed by atoms with van der Waals surface area (Å²) in [7, 11) is 4.19. The standard InChI is InChI=1S/C9H22N2.C6H13N/c1-5-7-11(9(2)3)8-6-10-4;1-6-3-4-7(2)5-6/h9-10H,5-8H2,1-4H3;6H,3-5H2,1-2H3. The molecule has 1 fully saturated rings. The van der Waals surface area contributed by atoms with E-state index in [1.165, 1.54) is 39.0 Å². The number of rotatable bonds is 6. The molecule has 1 aliphatic rings. The van der Waals surface area contributed by atoms with Crippen LogP contribution in [0.3, 0.4) is 0 Å². The Morgan fingerprint density at radius 1 is 1.33 bits per heavy atom. The van der Waals surface area contributed by atoms with Crippen LogP contribution in [0.15, 0.2) is 0 Å². The zero-order valence-electron chi connectivity index (χ0n) is 13.5. The quantitative estimate of drug-likeness (QED) is 0.787. The van der Waals surface area contributed by atoms with Gasteiger partial charge in [0.25, 0.3) is 0 Å². The molecule has 1 aliphatic heterocycles. The Morgan fingerprint density at radius 3 is 2.28 bits per heavy atom. The fourth-order valence-corrected chi connectivity index (χ4v) is 2.33. The smallest absolute Gasteiger partial charge is 0.0109 e. The average molecular weight is 257 g/mol. The topological polar surface area (TPSA) is 18.5 Å². The zero-order chi connectivity index (χ0) is 14.0. The van der Waals surface area contributed by atoms with Gasteiger partial charge in [0, 0.05) is 25.7 Å². The van der Waals surface area contributed by atoms with Gasteiger partial charge in [-0.2, -0.15) is 0 Å². The predicted octanol–water partition coefficient (Wildman–Crippen LogP) is 2.28. The lowest BCUT2D eigenvalue weighted by Crippen LogP contribution is -2.36. The lowest BCUT2D eigenvalue weighted by atomic mass is 10.2. The third-order valence-electron chi connectivity index (χ3n) is 3.52. The number of likely N-dealkylation sites (tertiary alicyclic amines) is 1. The van der Waals surface area contributed by atoms with E-state index < -0.39 is 0 Å². The molecule has 3 heteroatoms. The molecule has 0 aromatic rings. The van der Waals surface area contributed by atoms with Crippen molar-refractivity contribution in [2.24, 2.45) is 5.92 Å². The van der Waals surface area contributed by atoms with Gasteiger partial charge in [-0.05, 0) is 59.8 Å². The van der Waals surface area contributed by atoms with Crippen molar-refractivity contribution in [3.05, 3.63) is 0 Å². The molecule has 1 rings (SSSR count). The molecule has 0 spiro atoms. The molecule has 0 radical (unpaired) electrons. The van der Waals surface area contributed by atoms with Crippen LogP contribution in [0.25, 0.3) is 0 Å². The molecular formula is C15H35N3. The van der Waals surface area contributed by atoms with Crippen LogP contribution in [-0.2, 0) is 0 Å². The summed E-state index contributed by atoms with van der Waals surface area (Å²) in [6.07, 6.45) is 2.65. The highest BCUT2D eigenvalue weighted by Crippen LogP contribution is 2.11. The molecule has 1 atom stereocenters. The van der Waals surface area contributed by atoms with E-state index >= 15 is 0 Å². The van der Waals surface area contributed by atoms with Gasteiger partial charge in [0.05, 0.1) is 0 Å². The highest BCUT2D eigenvalue weighted by molar-refractivity contribution is 4.67. The van der Waals surface area contributed by atoms with Crippen molar-refractivity contribution in [3.8, 4) is 0 Å². The van der Waals surface area contributed by atoms with Crippen LogP contribution in [0.2, 0.25) is 0 Å². The lowest BCUT2D eigenvalue weighted by Gasteiger charge is -2.25. The van der Waals surface area contributed by atoms with E-state index in [1.54, 1.807) is 0 Å². The van der Waals surface area contributed by atoms with Crippen LogP contribution in [0, 0.1) is 5.92 Å². The largest absolute Gasteiger partial charge is 0.318 e. The van der Waals surface area contributed by atoms with Crippen molar-refractivity contribution in [1.29, 1.82) is 0 Å². The van der Waals surface area contributed by atoms with Gasteiger partial charge >= 0.3 is 0 Å². The van der Waals surface area contributed by atoms with Crippen molar-refractivity contribution in [2.75, 3.05) is 46.8 Å². The van der Waals surface area contributed by atoms with Gasteiger partial charge in [0.2, 0.25) is 0 Å². The maximum Gasteiger partial charge on any atom is 0.0109 e. The zero-order valence-corrected chi connectivity index (χ0v) is 13.5. The maximum atomic E-state index is 3.17. The highest BCUT2D eigenvalue weighted by Gasteiger charge is 2.13. The summed E-state index contributed by atoms with van der Waals surface area (Å²) in [6.45, 7) is 15.1. The first-order valence-corrected chi connectivity index (χ1v) is 7.58. The Hall–Kier alpha value is -0.120. The molecule has 0 amide bonds. The van der Waals surface area contributed by atoms with Crippen LogP contribution in [0.1, 0.15) is 40.5 Å². The van der Waals surface area contributed by atoms with Crippen LogP contribution in [0.4, 0.5) is 0 Å². The summed E-state index contributed by atoms with van der Waals surface area (Å²) in [6, 6.07) is 0.684.